The van der Waals surface area contributed by atoms with Gasteiger partial charge in [-0.25, -0.2) is 4.98 Å². The number of hydrogen-bond acceptors (Lipinski definition) is 1. The summed E-state index contributed by atoms with van der Waals surface area (Å²) >= 11 is 3.77. The second kappa shape index (κ2) is 7.40. The summed E-state index contributed by atoms with van der Waals surface area (Å²) in [6, 6.07) is 31.6. The van der Waals surface area contributed by atoms with Gasteiger partial charge in [-0.05, 0) is 37.8 Å². The number of halogens is 1. The first-order chi connectivity index (χ1) is 12.8. The molecule has 1 nitrogen and oxygen atoms in total. The molecule has 0 spiro atoms. The van der Waals surface area contributed by atoms with Crippen LogP contribution in [0.25, 0.3) is 33.5 Å². The number of nitrogens with zero attached hydrogens (tertiary/aromatic N) is 1. The summed E-state index contributed by atoms with van der Waals surface area (Å²) in [5.41, 5.74) is 7.10. The minimum Gasteiger partial charge on any atom is -0.240 e. The van der Waals surface area contributed by atoms with E-state index in [2.05, 4.69) is 94.8 Å². The van der Waals surface area contributed by atoms with E-state index in [1.54, 1.807) is 0 Å². The highest BCUT2D eigenvalue weighted by molar-refractivity contribution is 9.10. The van der Waals surface area contributed by atoms with Crippen LogP contribution in [0.15, 0.2) is 95.6 Å². The van der Waals surface area contributed by atoms with Crippen LogP contribution in [-0.2, 0) is 0 Å². The van der Waals surface area contributed by atoms with Crippen LogP contribution >= 0.6 is 15.9 Å². The van der Waals surface area contributed by atoms with Crippen LogP contribution in [0.1, 0.15) is 0 Å². The molecule has 0 atom stereocenters. The second-order valence-electron chi connectivity index (χ2n) is 6.22. The fraction of sp³-hybridized carbons (Fsp3) is 0. The van der Waals surface area contributed by atoms with E-state index in [1.807, 2.05) is 12.1 Å². The maximum Gasteiger partial charge on any atom is 0.115 e. The Morgan fingerprint density at radius 1 is 0.577 bits per heavy atom. The van der Waals surface area contributed by atoms with E-state index >= 15 is 0 Å². The van der Waals surface area contributed by atoms with Gasteiger partial charge >= 0.3 is 0 Å². The maximum absolute atomic E-state index is 4.96. The standard InChI is InChI=1S/C23H18BrNSi/c24-23-20(17-12-6-2-7-13-17)19(16-10-4-1-5-11-16)22(26)21(25-23)18-14-8-3-9-15-18/h1-15H,26H3. The molecule has 0 unspecified atom stereocenters. The van der Waals surface area contributed by atoms with Gasteiger partial charge in [-0.15, -0.1) is 0 Å². The first kappa shape index (κ1) is 16.9. The summed E-state index contributed by atoms with van der Waals surface area (Å²) in [5, 5.41) is 1.32. The summed E-state index contributed by atoms with van der Waals surface area (Å²) in [6.45, 7) is 0. The molecule has 0 radical (unpaired) electrons. The Kier molecular flexibility index (Phi) is 4.82. The summed E-state index contributed by atoms with van der Waals surface area (Å²) in [6.07, 6.45) is 0. The lowest BCUT2D eigenvalue weighted by molar-refractivity contribution is 1.29. The van der Waals surface area contributed by atoms with Gasteiger partial charge in [0.15, 0.2) is 0 Å². The summed E-state index contributed by atoms with van der Waals surface area (Å²) in [7, 11) is 0.911. The van der Waals surface area contributed by atoms with Gasteiger partial charge in [0.05, 0.1) is 5.69 Å². The molecule has 1 heterocycles. The van der Waals surface area contributed by atoms with Crippen molar-refractivity contribution in [3.05, 3.63) is 95.6 Å². The normalized spacial score (nSPS) is 10.8. The molecule has 26 heavy (non-hydrogen) atoms. The van der Waals surface area contributed by atoms with E-state index < -0.39 is 0 Å². The zero-order chi connectivity index (χ0) is 17.9. The fourth-order valence-corrected chi connectivity index (χ4v) is 4.90. The molecule has 0 N–H and O–H groups in total. The van der Waals surface area contributed by atoms with E-state index in [9.17, 15) is 0 Å². The van der Waals surface area contributed by atoms with E-state index in [4.69, 9.17) is 4.98 Å². The molecule has 0 aliphatic rings. The highest BCUT2D eigenvalue weighted by Crippen LogP contribution is 2.37. The molecule has 3 aromatic carbocycles. The molecule has 0 amide bonds. The fourth-order valence-electron chi connectivity index (χ4n) is 3.36. The Morgan fingerprint density at radius 2 is 1.00 bits per heavy atom. The summed E-state index contributed by atoms with van der Waals surface area (Å²) < 4.78 is 0.890. The predicted octanol–water partition coefficient (Wildman–Crippen LogP) is 4.84. The molecular formula is C23H18BrNSi. The average Bonchev–Trinajstić information content (AvgIpc) is 2.71. The maximum atomic E-state index is 4.96. The first-order valence-electron chi connectivity index (χ1n) is 8.62. The van der Waals surface area contributed by atoms with Gasteiger partial charge in [-0.1, -0.05) is 91.0 Å². The van der Waals surface area contributed by atoms with Crippen molar-refractivity contribution >= 4 is 31.4 Å². The molecule has 4 aromatic rings. The SMILES string of the molecule is [SiH3]c1c(-c2ccccc2)nc(Br)c(-c2ccccc2)c1-c1ccccc1. The number of hydrogen-bond donors (Lipinski definition) is 0. The van der Waals surface area contributed by atoms with Gasteiger partial charge in [0.2, 0.25) is 0 Å². The van der Waals surface area contributed by atoms with Gasteiger partial charge in [-0.2, -0.15) is 0 Å². The van der Waals surface area contributed by atoms with Crippen molar-refractivity contribution in [2.75, 3.05) is 0 Å². The number of aromatic nitrogens is 1. The predicted molar refractivity (Wildman–Crippen MR) is 118 cm³/mol. The van der Waals surface area contributed by atoms with Gasteiger partial charge in [0.1, 0.15) is 4.60 Å². The Morgan fingerprint density at radius 3 is 1.50 bits per heavy atom. The highest BCUT2D eigenvalue weighted by atomic mass is 79.9. The van der Waals surface area contributed by atoms with Crippen molar-refractivity contribution in [1.29, 1.82) is 0 Å². The van der Waals surface area contributed by atoms with Gasteiger partial charge in [-0.3, -0.25) is 0 Å². The van der Waals surface area contributed by atoms with Gasteiger partial charge in [0.25, 0.3) is 0 Å². The Labute approximate surface area is 165 Å². The minimum absolute atomic E-state index is 0.890. The Balaban J connectivity index is 2.06. The van der Waals surface area contributed by atoms with Crippen LogP contribution in [0.3, 0.4) is 0 Å². The molecule has 1 aromatic heterocycles. The lowest BCUT2D eigenvalue weighted by Crippen LogP contribution is -2.15. The summed E-state index contributed by atoms with van der Waals surface area (Å²) in [4.78, 5) is 4.96. The van der Waals surface area contributed by atoms with Gasteiger partial charge < -0.3 is 0 Å². The van der Waals surface area contributed by atoms with Crippen LogP contribution in [0.2, 0.25) is 0 Å². The average molecular weight is 416 g/mol. The molecule has 0 saturated carbocycles. The number of pyridine rings is 1. The molecule has 0 aliphatic carbocycles. The van der Waals surface area contributed by atoms with E-state index in [-0.39, 0.29) is 0 Å². The molecule has 0 bridgehead atoms. The van der Waals surface area contributed by atoms with Crippen LogP contribution in [0.5, 0.6) is 0 Å². The number of benzene rings is 3. The molecule has 0 aliphatic heterocycles. The smallest absolute Gasteiger partial charge is 0.115 e. The third-order valence-corrected chi connectivity index (χ3v) is 6.12. The second-order valence-corrected chi connectivity index (χ2v) is 7.98. The van der Waals surface area contributed by atoms with Crippen molar-refractivity contribution in [3.63, 3.8) is 0 Å². The lowest BCUT2D eigenvalue weighted by atomic mass is 9.94. The van der Waals surface area contributed by atoms with Crippen LogP contribution in [0, 0.1) is 0 Å². The minimum atomic E-state index is 0.890. The molecular weight excluding hydrogens is 398 g/mol. The molecule has 126 valence electrons. The van der Waals surface area contributed by atoms with Crippen molar-refractivity contribution < 1.29 is 0 Å². The molecule has 0 fully saturated rings. The van der Waals surface area contributed by atoms with Crippen molar-refractivity contribution in [2.24, 2.45) is 0 Å². The van der Waals surface area contributed by atoms with Gasteiger partial charge in [0, 0.05) is 21.4 Å². The molecule has 3 heteroatoms. The zero-order valence-corrected chi connectivity index (χ0v) is 18.1. The topological polar surface area (TPSA) is 12.9 Å². The Bertz CT molecular complexity index is 1030. The van der Waals surface area contributed by atoms with Crippen molar-refractivity contribution in [2.45, 2.75) is 0 Å². The quantitative estimate of drug-likeness (QED) is 0.344. The van der Waals surface area contributed by atoms with Crippen LogP contribution < -0.4 is 5.19 Å². The Hall–Kier alpha value is -2.49. The van der Waals surface area contributed by atoms with Crippen LogP contribution in [0.4, 0.5) is 0 Å². The summed E-state index contributed by atoms with van der Waals surface area (Å²) in [5.74, 6) is 0. The molecule has 4 rings (SSSR count). The van der Waals surface area contributed by atoms with E-state index in [1.165, 1.54) is 27.4 Å². The number of rotatable bonds is 3. The van der Waals surface area contributed by atoms with E-state index in [0.717, 1.165) is 26.1 Å². The third-order valence-electron chi connectivity index (χ3n) is 4.57. The third kappa shape index (κ3) is 3.16. The zero-order valence-electron chi connectivity index (χ0n) is 14.5. The largest absolute Gasteiger partial charge is 0.240 e. The van der Waals surface area contributed by atoms with Crippen molar-refractivity contribution in [1.82, 2.24) is 4.98 Å². The first-order valence-corrected chi connectivity index (χ1v) is 10.4. The van der Waals surface area contributed by atoms with E-state index in [0.29, 0.717) is 0 Å². The lowest BCUT2D eigenvalue weighted by Gasteiger charge is -2.18. The molecule has 0 saturated heterocycles. The monoisotopic (exact) mass is 415 g/mol. The van der Waals surface area contributed by atoms with Crippen molar-refractivity contribution in [3.8, 4) is 33.5 Å². The highest BCUT2D eigenvalue weighted by Gasteiger charge is 2.19. The van der Waals surface area contributed by atoms with Crippen LogP contribution in [-0.4, -0.2) is 15.2 Å².